The van der Waals surface area contributed by atoms with Gasteiger partial charge in [0.15, 0.2) is 0 Å². The van der Waals surface area contributed by atoms with Gasteiger partial charge in [-0.2, -0.15) is 0 Å². The number of aryl methyl sites for hydroxylation is 1. The van der Waals surface area contributed by atoms with Crippen molar-refractivity contribution in [3.63, 3.8) is 0 Å². The van der Waals surface area contributed by atoms with E-state index in [9.17, 15) is 0 Å². The standard InChI is InChI=1S/C13H19Cl/c1-3-5-11-6-8-13(9-7-11)12(4-2)10-14/h6-9,12H,3-5,10H2,1-2H3. The van der Waals surface area contributed by atoms with Crippen molar-refractivity contribution in [2.45, 2.75) is 39.0 Å². The van der Waals surface area contributed by atoms with E-state index >= 15 is 0 Å². The van der Waals surface area contributed by atoms with Gasteiger partial charge in [-0.15, -0.1) is 11.6 Å². The summed E-state index contributed by atoms with van der Waals surface area (Å²) in [5, 5.41) is 0. The Balaban J connectivity index is 2.71. The molecule has 0 saturated heterocycles. The van der Waals surface area contributed by atoms with Crippen molar-refractivity contribution in [3.8, 4) is 0 Å². The van der Waals surface area contributed by atoms with E-state index in [-0.39, 0.29) is 0 Å². The molecule has 1 atom stereocenters. The van der Waals surface area contributed by atoms with Gasteiger partial charge in [0, 0.05) is 5.88 Å². The molecule has 0 aliphatic heterocycles. The van der Waals surface area contributed by atoms with Crippen LogP contribution in [0.2, 0.25) is 0 Å². The molecule has 0 saturated carbocycles. The van der Waals surface area contributed by atoms with Gasteiger partial charge in [-0.3, -0.25) is 0 Å². The Hall–Kier alpha value is -0.490. The van der Waals surface area contributed by atoms with E-state index in [0.29, 0.717) is 5.92 Å². The van der Waals surface area contributed by atoms with Crippen LogP contribution in [0.4, 0.5) is 0 Å². The highest BCUT2D eigenvalue weighted by Crippen LogP contribution is 2.21. The molecule has 1 heteroatoms. The van der Waals surface area contributed by atoms with Gasteiger partial charge in [0.2, 0.25) is 0 Å². The third kappa shape index (κ3) is 3.02. The second-order valence-electron chi connectivity index (χ2n) is 3.75. The molecule has 78 valence electrons. The third-order valence-electron chi connectivity index (χ3n) is 2.67. The van der Waals surface area contributed by atoms with E-state index in [1.165, 1.54) is 24.0 Å². The minimum atomic E-state index is 0.521. The molecule has 0 aromatic heterocycles. The molecule has 0 radical (unpaired) electrons. The maximum atomic E-state index is 5.90. The normalized spacial score (nSPS) is 12.8. The van der Waals surface area contributed by atoms with Crippen molar-refractivity contribution in [1.82, 2.24) is 0 Å². The molecule has 0 N–H and O–H groups in total. The number of alkyl halides is 1. The van der Waals surface area contributed by atoms with Crippen LogP contribution >= 0.6 is 11.6 Å². The number of halogens is 1. The van der Waals surface area contributed by atoms with Gasteiger partial charge in [-0.25, -0.2) is 0 Å². The van der Waals surface area contributed by atoms with Gasteiger partial charge in [0.05, 0.1) is 0 Å². The average Bonchev–Trinajstić information content (AvgIpc) is 2.23. The fourth-order valence-electron chi connectivity index (χ4n) is 1.68. The Morgan fingerprint density at radius 1 is 1.14 bits per heavy atom. The van der Waals surface area contributed by atoms with Gasteiger partial charge in [0.1, 0.15) is 0 Å². The van der Waals surface area contributed by atoms with E-state index in [1.807, 2.05) is 0 Å². The molecule has 0 aliphatic carbocycles. The quantitative estimate of drug-likeness (QED) is 0.633. The lowest BCUT2D eigenvalue weighted by molar-refractivity contribution is 0.739. The van der Waals surface area contributed by atoms with Crippen molar-refractivity contribution >= 4 is 11.6 Å². The minimum absolute atomic E-state index is 0.521. The monoisotopic (exact) mass is 210 g/mol. The lowest BCUT2D eigenvalue weighted by Crippen LogP contribution is -1.98. The molecule has 0 amide bonds. The smallest absolute Gasteiger partial charge is 0.0292 e. The Kier molecular flexibility index (Phi) is 5.03. The van der Waals surface area contributed by atoms with Crippen molar-refractivity contribution in [1.29, 1.82) is 0 Å². The maximum Gasteiger partial charge on any atom is 0.0292 e. The zero-order chi connectivity index (χ0) is 10.4. The first-order valence-corrected chi connectivity index (χ1v) is 6.00. The lowest BCUT2D eigenvalue weighted by atomic mass is 9.97. The van der Waals surface area contributed by atoms with Crippen LogP contribution in [0.25, 0.3) is 0 Å². The summed E-state index contributed by atoms with van der Waals surface area (Å²) in [6.07, 6.45) is 3.51. The molecule has 14 heavy (non-hydrogen) atoms. The number of hydrogen-bond acceptors (Lipinski definition) is 0. The van der Waals surface area contributed by atoms with Crippen LogP contribution in [0.3, 0.4) is 0 Å². The van der Waals surface area contributed by atoms with E-state index in [0.717, 1.165) is 12.3 Å². The average molecular weight is 211 g/mol. The summed E-state index contributed by atoms with van der Waals surface area (Å²) in [6.45, 7) is 4.40. The van der Waals surface area contributed by atoms with Crippen molar-refractivity contribution in [2.24, 2.45) is 0 Å². The summed E-state index contributed by atoms with van der Waals surface area (Å²) >= 11 is 5.90. The van der Waals surface area contributed by atoms with Gasteiger partial charge in [-0.05, 0) is 29.9 Å². The first-order valence-electron chi connectivity index (χ1n) is 5.46. The molecule has 1 aromatic carbocycles. The molecule has 1 unspecified atom stereocenters. The van der Waals surface area contributed by atoms with Crippen LogP contribution in [0.15, 0.2) is 24.3 Å². The molecule has 0 nitrogen and oxygen atoms in total. The van der Waals surface area contributed by atoms with Gasteiger partial charge in [-0.1, -0.05) is 44.5 Å². The Bertz CT molecular complexity index is 246. The summed E-state index contributed by atoms with van der Waals surface area (Å²) in [7, 11) is 0. The van der Waals surface area contributed by atoms with Crippen LogP contribution in [-0.4, -0.2) is 5.88 Å². The highest BCUT2D eigenvalue weighted by molar-refractivity contribution is 6.18. The van der Waals surface area contributed by atoms with Crippen LogP contribution in [0, 0.1) is 0 Å². The Morgan fingerprint density at radius 3 is 2.21 bits per heavy atom. The van der Waals surface area contributed by atoms with Crippen molar-refractivity contribution in [3.05, 3.63) is 35.4 Å². The predicted molar refractivity (Wildman–Crippen MR) is 64.2 cm³/mol. The summed E-state index contributed by atoms with van der Waals surface area (Å²) in [6, 6.07) is 8.91. The molecule has 0 bridgehead atoms. The van der Waals surface area contributed by atoms with Crippen molar-refractivity contribution < 1.29 is 0 Å². The van der Waals surface area contributed by atoms with Crippen LogP contribution in [-0.2, 0) is 6.42 Å². The summed E-state index contributed by atoms with van der Waals surface area (Å²) < 4.78 is 0. The first kappa shape index (κ1) is 11.6. The third-order valence-corrected chi connectivity index (χ3v) is 3.04. The summed E-state index contributed by atoms with van der Waals surface area (Å²) in [5.74, 6) is 1.25. The van der Waals surface area contributed by atoms with E-state index in [2.05, 4.69) is 38.1 Å². The SMILES string of the molecule is CCCc1ccc(C(CC)CCl)cc1. The number of hydrogen-bond donors (Lipinski definition) is 0. The second kappa shape index (κ2) is 6.08. The summed E-state index contributed by atoms with van der Waals surface area (Å²) in [4.78, 5) is 0. The first-order chi connectivity index (χ1) is 6.81. The lowest BCUT2D eigenvalue weighted by Gasteiger charge is -2.11. The Morgan fingerprint density at radius 2 is 1.79 bits per heavy atom. The fourth-order valence-corrected chi connectivity index (χ4v) is 2.08. The molecule has 1 aromatic rings. The largest absolute Gasteiger partial charge is 0.126 e. The molecule has 0 heterocycles. The number of rotatable bonds is 5. The highest BCUT2D eigenvalue weighted by Gasteiger charge is 2.06. The molecular formula is C13H19Cl. The zero-order valence-corrected chi connectivity index (χ0v) is 9.85. The zero-order valence-electron chi connectivity index (χ0n) is 9.09. The van der Waals surface area contributed by atoms with Crippen LogP contribution < -0.4 is 0 Å². The topological polar surface area (TPSA) is 0 Å². The van der Waals surface area contributed by atoms with Crippen LogP contribution in [0.5, 0.6) is 0 Å². The van der Waals surface area contributed by atoms with Gasteiger partial charge < -0.3 is 0 Å². The van der Waals surface area contributed by atoms with Crippen molar-refractivity contribution in [2.75, 3.05) is 5.88 Å². The van der Waals surface area contributed by atoms with Gasteiger partial charge in [0.25, 0.3) is 0 Å². The van der Waals surface area contributed by atoms with Gasteiger partial charge >= 0.3 is 0 Å². The van der Waals surface area contributed by atoms with E-state index in [4.69, 9.17) is 11.6 Å². The van der Waals surface area contributed by atoms with E-state index in [1.54, 1.807) is 0 Å². The van der Waals surface area contributed by atoms with Crippen LogP contribution in [0.1, 0.15) is 43.7 Å². The molecular weight excluding hydrogens is 192 g/mol. The summed E-state index contributed by atoms with van der Waals surface area (Å²) in [5.41, 5.74) is 2.81. The maximum absolute atomic E-state index is 5.90. The molecule has 0 aliphatic rings. The molecule has 0 fully saturated rings. The molecule has 0 spiro atoms. The molecule has 1 rings (SSSR count). The Labute approximate surface area is 92.3 Å². The highest BCUT2D eigenvalue weighted by atomic mass is 35.5. The second-order valence-corrected chi connectivity index (χ2v) is 4.06. The minimum Gasteiger partial charge on any atom is -0.126 e. The van der Waals surface area contributed by atoms with E-state index < -0.39 is 0 Å². The fraction of sp³-hybridized carbons (Fsp3) is 0.538. The number of benzene rings is 1. The predicted octanol–water partition coefficient (Wildman–Crippen LogP) is 4.37.